The van der Waals surface area contributed by atoms with E-state index in [2.05, 4.69) is 15.5 Å². The quantitative estimate of drug-likeness (QED) is 0.397. The number of thioether (sulfide) groups is 1. The van der Waals surface area contributed by atoms with E-state index in [4.69, 9.17) is 9.15 Å². The molecule has 0 aliphatic heterocycles. The smallest absolute Gasteiger partial charge is 0.341 e. The number of hydrogen-bond acceptors (Lipinski definition) is 9. The Kier molecular flexibility index (Phi) is 6.57. The molecule has 1 aliphatic rings. The molecule has 0 saturated carbocycles. The fourth-order valence-electron chi connectivity index (χ4n) is 3.39. The van der Waals surface area contributed by atoms with E-state index in [-0.39, 0.29) is 35.1 Å². The summed E-state index contributed by atoms with van der Waals surface area (Å²) in [7, 11) is 0. The maximum absolute atomic E-state index is 12.6. The Morgan fingerprint density at radius 2 is 2.06 bits per heavy atom. The lowest BCUT2D eigenvalue weighted by Gasteiger charge is -2.12. The maximum atomic E-state index is 12.6. The van der Waals surface area contributed by atoms with Crippen LogP contribution in [-0.2, 0) is 22.4 Å². The van der Waals surface area contributed by atoms with Crippen LogP contribution in [0.4, 0.5) is 5.00 Å². The van der Waals surface area contributed by atoms with Gasteiger partial charge in [-0.2, -0.15) is 0 Å². The highest BCUT2D eigenvalue weighted by molar-refractivity contribution is 7.99. The van der Waals surface area contributed by atoms with Crippen molar-refractivity contribution in [2.24, 2.45) is 0 Å². The number of para-hydroxylation sites is 1. The van der Waals surface area contributed by atoms with E-state index >= 15 is 0 Å². The normalized spacial score (nSPS) is 12.9. The van der Waals surface area contributed by atoms with Crippen molar-refractivity contribution < 1.29 is 23.8 Å². The van der Waals surface area contributed by atoms with E-state index in [1.807, 2.05) is 0 Å². The third-order valence-corrected chi connectivity index (χ3v) is 6.80. The number of thiophene rings is 1. The largest absolute Gasteiger partial charge is 0.507 e. The first-order valence-corrected chi connectivity index (χ1v) is 11.7. The Morgan fingerprint density at radius 3 is 2.87 bits per heavy atom. The number of aryl methyl sites for hydroxylation is 1. The predicted octanol–water partition coefficient (Wildman–Crippen LogP) is 4.29. The zero-order valence-corrected chi connectivity index (χ0v) is 18.5. The van der Waals surface area contributed by atoms with Gasteiger partial charge in [0.25, 0.3) is 11.1 Å². The zero-order valence-electron chi connectivity index (χ0n) is 16.8. The number of nitrogens with one attached hydrogen (secondary N) is 1. The average Bonchev–Trinajstić information content (AvgIpc) is 3.37. The number of hydrogen-bond donors (Lipinski definition) is 2. The van der Waals surface area contributed by atoms with Crippen molar-refractivity contribution in [3.63, 3.8) is 0 Å². The number of nitrogens with zero attached hydrogens (tertiary/aromatic N) is 2. The number of phenolic OH excluding ortho intramolecular Hbond substituents is 1. The summed E-state index contributed by atoms with van der Waals surface area (Å²) in [5, 5.41) is 21.3. The van der Waals surface area contributed by atoms with Gasteiger partial charge in [0.1, 0.15) is 10.8 Å². The van der Waals surface area contributed by atoms with Gasteiger partial charge in [-0.05, 0) is 50.3 Å². The minimum absolute atomic E-state index is 0.0350. The Balaban J connectivity index is 1.43. The molecule has 1 aromatic carbocycles. The first kappa shape index (κ1) is 21.4. The number of ether oxygens (including phenoxy) is 1. The number of anilines is 1. The van der Waals surface area contributed by atoms with Crippen molar-refractivity contribution in [1.29, 1.82) is 0 Å². The van der Waals surface area contributed by atoms with Crippen molar-refractivity contribution in [1.82, 2.24) is 10.2 Å². The molecule has 0 fully saturated rings. The third kappa shape index (κ3) is 4.75. The molecule has 0 unspecified atom stereocenters. The van der Waals surface area contributed by atoms with E-state index in [0.29, 0.717) is 16.1 Å². The lowest BCUT2D eigenvalue weighted by Crippen LogP contribution is -2.17. The lowest BCUT2D eigenvalue weighted by molar-refractivity contribution is -0.113. The van der Waals surface area contributed by atoms with Crippen LogP contribution in [0.3, 0.4) is 0 Å². The van der Waals surface area contributed by atoms with E-state index in [1.54, 1.807) is 25.1 Å². The third-order valence-electron chi connectivity index (χ3n) is 4.77. The first-order valence-electron chi connectivity index (χ1n) is 9.93. The molecule has 162 valence electrons. The number of rotatable bonds is 7. The Bertz CT molecular complexity index is 1110. The lowest BCUT2D eigenvalue weighted by atomic mass is 9.95. The van der Waals surface area contributed by atoms with Crippen LogP contribution in [0, 0.1) is 0 Å². The molecule has 2 aromatic heterocycles. The van der Waals surface area contributed by atoms with Gasteiger partial charge in [0.15, 0.2) is 0 Å². The molecule has 3 aromatic rings. The summed E-state index contributed by atoms with van der Waals surface area (Å²) in [6.07, 6.45) is 3.83. The fraction of sp³-hybridized carbons (Fsp3) is 0.333. The zero-order chi connectivity index (χ0) is 21.8. The van der Waals surface area contributed by atoms with Crippen LogP contribution in [0.5, 0.6) is 5.75 Å². The molecule has 0 atom stereocenters. The van der Waals surface area contributed by atoms with E-state index in [1.165, 1.54) is 17.4 Å². The second-order valence-corrected chi connectivity index (χ2v) is 8.89. The predicted molar refractivity (Wildman–Crippen MR) is 118 cm³/mol. The summed E-state index contributed by atoms with van der Waals surface area (Å²) < 4.78 is 10.8. The summed E-state index contributed by atoms with van der Waals surface area (Å²) in [6.45, 7) is 2.04. The molecule has 8 nitrogen and oxygen atoms in total. The summed E-state index contributed by atoms with van der Waals surface area (Å²) in [5.74, 6) is -0.427. The topological polar surface area (TPSA) is 115 Å². The van der Waals surface area contributed by atoms with Crippen LogP contribution in [0.1, 0.15) is 40.6 Å². The molecule has 2 heterocycles. The van der Waals surface area contributed by atoms with Crippen molar-refractivity contribution >= 4 is 40.0 Å². The molecule has 0 spiro atoms. The molecule has 10 heteroatoms. The monoisotopic (exact) mass is 459 g/mol. The van der Waals surface area contributed by atoms with Crippen LogP contribution in [0.2, 0.25) is 0 Å². The Morgan fingerprint density at radius 1 is 1.26 bits per heavy atom. The number of fused-ring (bicyclic) bond motifs is 1. The molecule has 1 aliphatic carbocycles. The van der Waals surface area contributed by atoms with E-state index in [9.17, 15) is 14.7 Å². The number of esters is 1. The molecule has 2 N–H and O–H groups in total. The van der Waals surface area contributed by atoms with Crippen LogP contribution in [0.15, 0.2) is 33.9 Å². The van der Waals surface area contributed by atoms with Gasteiger partial charge in [-0.15, -0.1) is 21.5 Å². The Labute approximate surface area is 187 Å². The maximum Gasteiger partial charge on any atom is 0.341 e. The number of benzene rings is 1. The number of phenols is 1. The highest BCUT2D eigenvalue weighted by Crippen LogP contribution is 2.39. The molecule has 1 amide bonds. The second kappa shape index (κ2) is 9.52. The molecule has 0 bridgehead atoms. The SMILES string of the molecule is CCOC(=O)c1c(NC(=O)CSc2nnc(-c3ccccc3O)o2)sc2c1CCCC2. The summed E-state index contributed by atoms with van der Waals surface area (Å²) >= 11 is 2.53. The molecular weight excluding hydrogens is 438 g/mol. The van der Waals surface area contributed by atoms with Crippen molar-refractivity contribution in [3.8, 4) is 17.2 Å². The minimum Gasteiger partial charge on any atom is -0.507 e. The molecule has 4 rings (SSSR count). The average molecular weight is 460 g/mol. The molecule has 0 radical (unpaired) electrons. The van der Waals surface area contributed by atoms with Crippen LogP contribution in [-0.4, -0.2) is 39.5 Å². The van der Waals surface area contributed by atoms with Crippen LogP contribution < -0.4 is 5.32 Å². The fourth-order valence-corrected chi connectivity index (χ4v) is 5.25. The van der Waals surface area contributed by atoms with Crippen LogP contribution in [0.25, 0.3) is 11.5 Å². The highest BCUT2D eigenvalue weighted by atomic mass is 32.2. The van der Waals surface area contributed by atoms with Crippen molar-refractivity contribution in [3.05, 3.63) is 40.3 Å². The van der Waals surface area contributed by atoms with E-state index in [0.717, 1.165) is 47.9 Å². The first-order chi connectivity index (χ1) is 15.1. The van der Waals surface area contributed by atoms with Gasteiger partial charge < -0.3 is 19.6 Å². The van der Waals surface area contributed by atoms with Gasteiger partial charge in [-0.25, -0.2) is 4.79 Å². The van der Waals surface area contributed by atoms with Gasteiger partial charge in [0.2, 0.25) is 5.91 Å². The van der Waals surface area contributed by atoms with Gasteiger partial charge >= 0.3 is 5.97 Å². The molecular formula is C21H21N3O5S2. The number of amides is 1. The number of carbonyl (C=O) groups excluding carboxylic acids is 2. The van der Waals surface area contributed by atoms with Gasteiger partial charge in [-0.1, -0.05) is 23.9 Å². The summed E-state index contributed by atoms with van der Waals surface area (Å²) in [4.78, 5) is 26.2. The Hall–Kier alpha value is -2.85. The van der Waals surface area contributed by atoms with Gasteiger partial charge in [-0.3, -0.25) is 4.79 Å². The molecule has 31 heavy (non-hydrogen) atoms. The summed E-state index contributed by atoms with van der Waals surface area (Å²) in [5.41, 5.74) is 1.91. The number of carbonyl (C=O) groups is 2. The van der Waals surface area contributed by atoms with Gasteiger partial charge in [0, 0.05) is 4.88 Å². The van der Waals surface area contributed by atoms with Gasteiger partial charge in [0.05, 0.1) is 23.5 Å². The van der Waals surface area contributed by atoms with E-state index < -0.39 is 5.97 Å². The van der Waals surface area contributed by atoms with Crippen molar-refractivity contribution in [2.75, 3.05) is 17.7 Å². The number of aromatic nitrogens is 2. The second-order valence-electron chi connectivity index (χ2n) is 6.86. The highest BCUT2D eigenvalue weighted by Gasteiger charge is 2.27. The molecule has 0 saturated heterocycles. The van der Waals surface area contributed by atoms with Crippen molar-refractivity contribution in [2.45, 2.75) is 37.8 Å². The summed E-state index contributed by atoms with van der Waals surface area (Å²) in [6, 6.07) is 6.64. The minimum atomic E-state index is -0.394. The van der Waals surface area contributed by atoms with Crippen LogP contribution >= 0.6 is 23.1 Å². The number of aromatic hydroxyl groups is 1. The standard InChI is InChI=1S/C21H21N3O5S2/c1-2-28-20(27)17-13-8-4-6-10-15(13)31-19(17)22-16(26)11-30-21-24-23-18(29-21)12-7-3-5-9-14(12)25/h3,5,7,9,25H,2,4,6,8,10-11H2,1H3,(H,22,26).